The van der Waals surface area contributed by atoms with Crippen molar-refractivity contribution < 1.29 is 9.59 Å². The van der Waals surface area contributed by atoms with Gasteiger partial charge < -0.3 is 4.90 Å². The van der Waals surface area contributed by atoms with Crippen LogP contribution in [-0.2, 0) is 11.3 Å². The number of carbonyl (C=O) groups is 2. The summed E-state index contributed by atoms with van der Waals surface area (Å²) in [5, 5.41) is 0.484. The summed E-state index contributed by atoms with van der Waals surface area (Å²) in [6, 6.07) is 18.9. The summed E-state index contributed by atoms with van der Waals surface area (Å²) in [6.45, 7) is 0.325. The highest BCUT2D eigenvalue weighted by atomic mass is 35.5. The van der Waals surface area contributed by atoms with Crippen LogP contribution in [0.4, 0.5) is 0 Å². The lowest BCUT2D eigenvalue weighted by Crippen LogP contribution is -2.41. The third-order valence-electron chi connectivity index (χ3n) is 4.38. The Kier molecular flexibility index (Phi) is 6.06. The second-order valence-corrected chi connectivity index (χ2v) is 6.84. The molecule has 1 atom stereocenters. The summed E-state index contributed by atoms with van der Waals surface area (Å²) >= 11 is 5.90. The summed E-state index contributed by atoms with van der Waals surface area (Å²) in [6.07, 6.45) is 1.45. The third kappa shape index (κ3) is 4.38. The summed E-state index contributed by atoms with van der Waals surface area (Å²) in [5.41, 5.74) is 0.819. The molecule has 0 saturated carbocycles. The largest absolute Gasteiger partial charge is 0.339 e. The first-order valence-corrected chi connectivity index (χ1v) is 9.11. The molecule has 6 heteroatoms. The van der Waals surface area contributed by atoms with Crippen LogP contribution >= 0.6 is 11.6 Å². The fourth-order valence-corrected chi connectivity index (χ4v) is 3.05. The lowest BCUT2D eigenvalue weighted by Gasteiger charge is -2.24. The van der Waals surface area contributed by atoms with Gasteiger partial charge in [0.2, 0.25) is 0 Å². The highest BCUT2D eigenvalue weighted by Crippen LogP contribution is 2.19. The molecule has 0 saturated heterocycles. The third-order valence-corrected chi connectivity index (χ3v) is 4.63. The first-order chi connectivity index (χ1) is 13.5. The average Bonchev–Trinajstić information content (AvgIpc) is 2.70. The molecule has 1 unspecified atom stereocenters. The van der Waals surface area contributed by atoms with E-state index in [0.29, 0.717) is 17.1 Å². The van der Waals surface area contributed by atoms with Gasteiger partial charge in [0.1, 0.15) is 0 Å². The van der Waals surface area contributed by atoms with Gasteiger partial charge in [-0.05, 0) is 35.9 Å². The van der Waals surface area contributed by atoms with Crippen molar-refractivity contribution in [3.8, 4) is 0 Å². The first-order valence-electron chi connectivity index (χ1n) is 8.73. The predicted molar refractivity (Wildman–Crippen MR) is 108 cm³/mol. The molecule has 5 nitrogen and oxygen atoms in total. The molecule has 0 radical (unpaired) electrons. The number of hydrogen-bond donors (Lipinski definition) is 0. The van der Waals surface area contributed by atoms with Crippen molar-refractivity contribution in [2.24, 2.45) is 0 Å². The maximum atomic E-state index is 13.2. The molecule has 0 N–H and O–H groups in total. The average molecular weight is 395 g/mol. The highest BCUT2D eigenvalue weighted by molar-refractivity contribution is 6.30. The molecule has 0 aliphatic rings. The van der Waals surface area contributed by atoms with E-state index in [4.69, 9.17) is 11.6 Å². The SMILES string of the molecule is CN(Cc1ccccc1)C(=O)C(C(=O)c1ccc(Cl)cc1)n1ccccc1=O. The fourth-order valence-electron chi connectivity index (χ4n) is 2.93. The van der Waals surface area contributed by atoms with Gasteiger partial charge in [-0.1, -0.05) is 48.0 Å². The van der Waals surface area contributed by atoms with Crippen molar-refractivity contribution >= 4 is 23.3 Å². The molecule has 0 fully saturated rings. The van der Waals surface area contributed by atoms with E-state index in [1.807, 2.05) is 30.3 Å². The van der Waals surface area contributed by atoms with Gasteiger partial charge in [-0.3, -0.25) is 19.0 Å². The number of rotatable bonds is 6. The first kappa shape index (κ1) is 19.6. The Balaban J connectivity index is 1.97. The van der Waals surface area contributed by atoms with Crippen LogP contribution in [0.3, 0.4) is 0 Å². The van der Waals surface area contributed by atoms with Crippen LogP contribution in [0, 0.1) is 0 Å². The van der Waals surface area contributed by atoms with Crippen molar-refractivity contribution in [1.29, 1.82) is 0 Å². The molecular formula is C22H19ClN2O3. The lowest BCUT2D eigenvalue weighted by atomic mass is 10.0. The zero-order chi connectivity index (χ0) is 20.1. The number of benzene rings is 2. The van der Waals surface area contributed by atoms with Gasteiger partial charge in [0.25, 0.3) is 11.5 Å². The van der Waals surface area contributed by atoms with Crippen LogP contribution in [0.5, 0.6) is 0 Å². The smallest absolute Gasteiger partial charge is 0.253 e. The molecule has 1 heterocycles. The number of carbonyl (C=O) groups excluding carboxylic acids is 2. The standard InChI is InChI=1S/C22H19ClN2O3/c1-24(15-16-7-3-2-4-8-16)22(28)20(25-14-6-5-9-19(25)26)21(27)17-10-12-18(23)13-11-17/h2-14,20H,15H2,1H3. The van der Waals surface area contributed by atoms with Gasteiger partial charge in [-0.15, -0.1) is 0 Å². The Morgan fingerprint density at radius 1 is 0.964 bits per heavy atom. The van der Waals surface area contributed by atoms with Gasteiger partial charge >= 0.3 is 0 Å². The van der Waals surface area contributed by atoms with Gasteiger partial charge in [-0.2, -0.15) is 0 Å². The quantitative estimate of drug-likeness (QED) is 0.474. The Bertz CT molecular complexity index is 1030. The van der Waals surface area contributed by atoms with Crippen LogP contribution < -0.4 is 5.56 Å². The van der Waals surface area contributed by atoms with Gasteiger partial charge in [0.05, 0.1) is 0 Å². The number of aromatic nitrogens is 1. The zero-order valence-electron chi connectivity index (χ0n) is 15.3. The van der Waals surface area contributed by atoms with Crippen LogP contribution in [0.15, 0.2) is 83.8 Å². The van der Waals surface area contributed by atoms with Gasteiger partial charge in [-0.25, -0.2) is 0 Å². The van der Waals surface area contributed by atoms with E-state index in [-0.39, 0.29) is 0 Å². The molecule has 142 valence electrons. The number of Topliss-reactive ketones (excluding diaryl/α,β-unsaturated/α-hetero) is 1. The Morgan fingerprint density at radius 2 is 1.61 bits per heavy atom. The zero-order valence-corrected chi connectivity index (χ0v) is 16.0. The summed E-state index contributed by atoms with van der Waals surface area (Å²) in [7, 11) is 1.62. The van der Waals surface area contributed by atoms with Crippen LogP contribution in [-0.4, -0.2) is 28.2 Å². The molecule has 0 spiro atoms. The Hall–Kier alpha value is -3.18. The molecule has 2 aromatic carbocycles. The minimum atomic E-state index is -1.29. The van der Waals surface area contributed by atoms with E-state index in [1.54, 1.807) is 43.4 Å². The Labute approximate surface area is 167 Å². The number of hydrogen-bond acceptors (Lipinski definition) is 3. The predicted octanol–water partition coefficient (Wildman–Crippen LogP) is 3.58. The van der Waals surface area contributed by atoms with Crippen molar-refractivity contribution in [1.82, 2.24) is 9.47 Å². The number of likely N-dealkylation sites (N-methyl/N-ethyl adjacent to an activating group) is 1. The van der Waals surface area contributed by atoms with E-state index in [2.05, 4.69) is 0 Å². The fraction of sp³-hybridized carbons (Fsp3) is 0.136. The second-order valence-electron chi connectivity index (χ2n) is 6.40. The molecule has 3 rings (SSSR count). The molecule has 0 aliphatic heterocycles. The lowest BCUT2D eigenvalue weighted by molar-refractivity contribution is -0.132. The minimum Gasteiger partial charge on any atom is -0.339 e. The summed E-state index contributed by atoms with van der Waals surface area (Å²) in [5.74, 6) is -0.924. The maximum Gasteiger partial charge on any atom is 0.253 e. The van der Waals surface area contributed by atoms with E-state index < -0.39 is 23.3 Å². The van der Waals surface area contributed by atoms with E-state index in [9.17, 15) is 14.4 Å². The summed E-state index contributed by atoms with van der Waals surface area (Å²) < 4.78 is 1.17. The highest BCUT2D eigenvalue weighted by Gasteiger charge is 2.32. The number of ketones is 1. The monoisotopic (exact) mass is 394 g/mol. The molecule has 3 aromatic rings. The van der Waals surface area contributed by atoms with Gasteiger partial charge in [0.15, 0.2) is 11.8 Å². The molecule has 1 aromatic heterocycles. The minimum absolute atomic E-state index is 0.312. The van der Waals surface area contributed by atoms with Crippen molar-refractivity contribution in [2.75, 3.05) is 7.05 Å². The molecule has 1 amide bonds. The molecule has 28 heavy (non-hydrogen) atoms. The Morgan fingerprint density at radius 3 is 2.25 bits per heavy atom. The normalized spacial score (nSPS) is 11.6. The number of nitrogens with zero attached hydrogens (tertiary/aromatic N) is 2. The van der Waals surface area contributed by atoms with Crippen molar-refractivity contribution in [3.63, 3.8) is 0 Å². The maximum absolute atomic E-state index is 13.2. The topological polar surface area (TPSA) is 59.4 Å². The summed E-state index contributed by atoms with van der Waals surface area (Å²) in [4.78, 5) is 40.2. The number of amides is 1. The van der Waals surface area contributed by atoms with Crippen molar-refractivity contribution in [3.05, 3.63) is 105 Å². The molecule has 0 bridgehead atoms. The molecular weight excluding hydrogens is 376 g/mol. The van der Waals surface area contributed by atoms with Crippen LogP contribution in [0.2, 0.25) is 5.02 Å². The van der Waals surface area contributed by atoms with E-state index in [0.717, 1.165) is 5.56 Å². The van der Waals surface area contributed by atoms with E-state index in [1.165, 1.54) is 21.7 Å². The van der Waals surface area contributed by atoms with Crippen LogP contribution in [0.25, 0.3) is 0 Å². The molecule has 0 aliphatic carbocycles. The van der Waals surface area contributed by atoms with Gasteiger partial charge in [0, 0.05) is 36.4 Å². The number of halogens is 1. The number of pyridine rings is 1. The van der Waals surface area contributed by atoms with Crippen molar-refractivity contribution in [2.45, 2.75) is 12.6 Å². The second kappa shape index (κ2) is 8.67. The van der Waals surface area contributed by atoms with E-state index >= 15 is 0 Å². The van der Waals surface area contributed by atoms with Crippen LogP contribution in [0.1, 0.15) is 22.0 Å².